The van der Waals surface area contributed by atoms with Crippen molar-refractivity contribution in [2.24, 2.45) is 11.8 Å². The quantitative estimate of drug-likeness (QED) is 0.205. The zero-order chi connectivity index (χ0) is 49.8. The molecule has 6 heterocycles. The molecule has 2 aliphatic carbocycles. The Balaban J connectivity index is 0.000000245. The van der Waals surface area contributed by atoms with E-state index in [1.807, 2.05) is 4.90 Å². The van der Waals surface area contributed by atoms with E-state index in [4.69, 9.17) is 24.5 Å². The van der Waals surface area contributed by atoms with Crippen LogP contribution in [-0.2, 0) is 59.4 Å². The normalized spacial score (nSPS) is 21.2. The van der Waals surface area contributed by atoms with Gasteiger partial charge in [-0.25, -0.2) is 9.97 Å². The van der Waals surface area contributed by atoms with E-state index in [0.717, 1.165) is 78.1 Å². The van der Waals surface area contributed by atoms with Crippen LogP contribution in [0, 0.1) is 34.5 Å². The van der Waals surface area contributed by atoms with Crippen molar-refractivity contribution in [3.8, 4) is 12.1 Å². The fourth-order valence-corrected chi connectivity index (χ4v) is 10.0. The van der Waals surface area contributed by atoms with Crippen LogP contribution in [0.3, 0.4) is 0 Å². The fourth-order valence-electron chi connectivity index (χ4n) is 10.0. The molecule has 2 aromatic rings. The van der Waals surface area contributed by atoms with E-state index in [-0.39, 0.29) is 71.8 Å². The van der Waals surface area contributed by atoms with Gasteiger partial charge in [-0.15, -0.1) is 0 Å². The molecule has 4 aliphatic heterocycles. The van der Waals surface area contributed by atoms with Gasteiger partial charge in [0.1, 0.15) is 36.6 Å². The molecule has 378 valence electrons. The predicted molar refractivity (Wildman–Crippen MR) is 261 cm³/mol. The number of aromatic nitrogens is 2. The average molecular weight is 957 g/mol. The molecule has 0 radical (unpaired) electrons. The van der Waals surface area contributed by atoms with Gasteiger partial charge in [-0.2, -0.15) is 10.5 Å². The molecular weight excluding hydrogens is 881 g/mol. The third-order valence-corrected chi connectivity index (χ3v) is 14.2. The topological polar surface area (TPSA) is 250 Å². The minimum Gasteiger partial charge on any atom is -0.469 e. The van der Waals surface area contributed by atoms with Crippen molar-refractivity contribution in [1.82, 2.24) is 31.2 Å². The van der Waals surface area contributed by atoms with E-state index < -0.39 is 5.97 Å². The molecule has 2 saturated heterocycles. The number of anilines is 2. The summed E-state index contributed by atoms with van der Waals surface area (Å²) in [6.45, 7) is 20.9. The molecule has 69 heavy (non-hydrogen) atoms. The van der Waals surface area contributed by atoms with Gasteiger partial charge in [-0.05, 0) is 76.3 Å². The molecule has 0 aromatic carbocycles. The highest BCUT2D eigenvalue weighted by molar-refractivity contribution is 5.97. The van der Waals surface area contributed by atoms with Gasteiger partial charge in [0.2, 0.25) is 17.7 Å². The highest BCUT2D eigenvalue weighted by atomic mass is 16.5. The second kappa shape index (κ2) is 22.6. The lowest BCUT2D eigenvalue weighted by Crippen LogP contribution is -2.58. The van der Waals surface area contributed by atoms with E-state index >= 15 is 0 Å². The van der Waals surface area contributed by atoms with Crippen molar-refractivity contribution in [3.05, 3.63) is 44.8 Å². The summed E-state index contributed by atoms with van der Waals surface area (Å²) >= 11 is 0. The summed E-state index contributed by atoms with van der Waals surface area (Å²) in [6, 6.07) is 4.79. The van der Waals surface area contributed by atoms with E-state index in [0.29, 0.717) is 88.3 Å². The Hall–Kier alpha value is -5.40. The van der Waals surface area contributed by atoms with Crippen molar-refractivity contribution in [1.29, 1.82) is 10.5 Å². The lowest BCUT2D eigenvalue weighted by molar-refractivity contribution is -0.148. The Kier molecular flexibility index (Phi) is 17.8. The number of piperazine rings is 2. The van der Waals surface area contributed by atoms with Gasteiger partial charge < -0.3 is 50.4 Å². The van der Waals surface area contributed by atoms with Crippen LogP contribution in [-0.4, -0.2) is 132 Å². The number of nitrogens with one attached hydrogen (secondary N) is 1. The first kappa shape index (κ1) is 54.5. The maximum absolute atomic E-state index is 12.8. The minimum atomic E-state index is -0.521. The second-order valence-corrected chi connectivity index (χ2v) is 20.8. The number of carbonyl (C=O) groups excluding carboxylic acids is 4. The molecule has 8 rings (SSSR count). The maximum atomic E-state index is 12.8. The summed E-state index contributed by atoms with van der Waals surface area (Å²) in [6.07, 6.45) is 5.50. The van der Waals surface area contributed by atoms with Gasteiger partial charge in [0.15, 0.2) is 0 Å². The lowest BCUT2D eigenvalue weighted by atomic mass is 9.87. The summed E-state index contributed by atoms with van der Waals surface area (Å²) < 4.78 is 16.9. The molecule has 4 fully saturated rings. The lowest BCUT2D eigenvalue weighted by Gasteiger charge is -2.44. The van der Waals surface area contributed by atoms with E-state index in [2.05, 4.69) is 87.4 Å². The van der Waals surface area contributed by atoms with E-state index in [9.17, 15) is 29.7 Å². The number of pyridine rings is 2. The highest BCUT2D eigenvalue weighted by Crippen LogP contribution is 2.47. The standard InChI is InChI=1S/C25H35N5O3.C25H34N4O4.CH4O.H3N/c1-15(2)20-13-29(8-9-30(20)22(32)10-21(31)27-5)24-18(12-26)17-11-25(3,4)33-14-19(17)23(28-24)16-6-7-16;1-15(2)20-13-28(8-9-29(20)21(30)10-22(31)32-5)24-18(12-26)17-11-25(3,4)33-14-19(17)23(27-24)16-6-7-16;1-2;/h15-16,20H,6-11,13-14H2,1-5H3,(H,27,31);15-16,20H,6-11,13-14H2,1-5H3;2H,1H3;1H3/t2*20-;;/m00../s1. The number of ether oxygens (including phenoxy) is 3. The zero-order valence-corrected chi connectivity index (χ0v) is 42.9. The van der Waals surface area contributed by atoms with E-state index in [1.54, 1.807) is 11.9 Å². The SMILES string of the molecule is CNC(=O)CC(=O)N1CCN(c2nc(C3CC3)c3c(c2C#N)CC(C)(C)OC3)C[C@H]1C(C)C.CO.COC(=O)CC(=O)N1CCN(c2nc(C3CC3)c3c(c2C#N)CC(C)(C)OC3)C[C@H]1C(C)C.N. The smallest absolute Gasteiger partial charge is 0.315 e. The Bertz CT molecular complexity index is 2150. The summed E-state index contributed by atoms with van der Waals surface area (Å²) in [5.41, 5.74) is 7.20. The van der Waals surface area contributed by atoms with Gasteiger partial charge >= 0.3 is 5.97 Å². The van der Waals surface area contributed by atoms with Gasteiger partial charge in [0.05, 0.1) is 66.1 Å². The summed E-state index contributed by atoms with van der Waals surface area (Å²) in [4.78, 5) is 67.2. The van der Waals surface area contributed by atoms with Crippen LogP contribution in [0.4, 0.5) is 11.6 Å². The first-order valence-corrected chi connectivity index (χ1v) is 24.3. The number of fused-ring (bicyclic) bond motifs is 2. The van der Waals surface area contributed by atoms with E-state index in [1.165, 1.54) is 7.11 Å². The minimum absolute atomic E-state index is 0. The predicted octanol–water partition coefficient (Wildman–Crippen LogP) is 5.18. The number of aliphatic hydroxyl groups is 1. The summed E-state index contributed by atoms with van der Waals surface area (Å²) in [5, 5.41) is 29.9. The number of esters is 1. The molecule has 5 N–H and O–H groups in total. The molecule has 2 saturated carbocycles. The molecule has 2 atom stereocenters. The molecule has 2 aromatic heterocycles. The number of carbonyl (C=O) groups is 4. The molecular formula is C51H76N10O8. The van der Waals surface area contributed by atoms with Crippen LogP contribution >= 0.6 is 0 Å². The Labute approximate surface area is 408 Å². The zero-order valence-electron chi connectivity index (χ0n) is 42.9. The summed E-state index contributed by atoms with van der Waals surface area (Å²) in [7, 11) is 3.84. The Morgan fingerprint density at radius 1 is 0.710 bits per heavy atom. The third-order valence-electron chi connectivity index (χ3n) is 14.2. The van der Waals surface area contributed by atoms with Crippen molar-refractivity contribution in [2.75, 3.05) is 70.3 Å². The molecule has 3 amide bonds. The van der Waals surface area contributed by atoms with Crippen LogP contribution in [0.15, 0.2) is 0 Å². The maximum Gasteiger partial charge on any atom is 0.315 e. The van der Waals surface area contributed by atoms with Gasteiger partial charge in [-0.1, -0.05) is 27.7 Å². The number of methoxy groups -OCH3 is 1. The second-order valence-electron chi connectivity index (χ2n) is 20.8. The molecule has 18 nitrogen and oxygen atoms in total. The number of amides is 3. The largest absolute Gasteiger partial charge is 0.469 e. The van der Waals surface area contributed by atoms with Crippen LogP contribution in [0.25, 0.3) is 0 Å². The van der Waals surface area contributed by atoms with Crippen LogP contribution < -0.4 is 21.3 Å². The van der Waals surface area contributed by atoms with Crippen LogP contribution in [0.5, 0.6) is 0 Å². The molecule has 0 unspecified atom stereocenters. The average Bonchev–Trinajstić information content (AvgIpc) is 4.26. The van der Waals surface area contributed by atoms with Crippen LogP contribution in [0.2, 0.25) is 0 Å². The first-order chi connectivity index (χ1) is 32.3. The number of rotatable bonds is 10. The van der Waals surface area contributed by atoms with Crippen molar-refractivity contribution >= 4 is 35.3 Å². The van der Waals surface area contributed by atoms with Crippen molar-refractivity contribution in [3.63, 3.8) is 0 Å². The Morgan fingerprint density at radius 3 is 1.43 bits per heavy atom. The van der Waals surface area contributed by atoms with Gasteiger partial charge in [0, 0.05) is 89.2 Å². The number of nitriles is 2. The summed E-state index contributed by atoms with van der Waals surface area (Å²) in [5.74, 6) is 1.62. The highest BCUT2D eigenvalue weighted by Gasteiger charge is 2.42. The molecule has 0 spiro atoms. The number of hydrogen-bond donors (Lipinski definition) is 3. The van der Waals surface area contributed by atoms with Crippen LogP contribution in [0.1, 0.15) is 151 Å². The first-order valence-electron chi connectivity index (χ1n) is 24.3. The fraction of sp³-hybridized carbons (Fsp3) is 0.686. The molecule has 0 bridgehead atoms. The number of nitrogens with zero attached hydrogens (tertiary/aromatic N) is 8. The number of hydrogen-bond acceptors (Lipinski definition) is 15. The van der Waals surface area contributed by atoms with Crippen molar-refractivity contribution in [2.45, 2.75) is 155 Å². The molecule has 18 heteroatoms. The van der Waals surface area contributed by atoms with Gasteiger partial charge in [0.25, 0.3) is 0 Å². The monoisotopic (exact) mass is 957 g/mol. The Morgan fingerprint density at radius 2 is 1.10 bits per heavy atom. The van der Waals surface area contributed by atoms with Gasteiger partial charge in [-0.3, -0.25) is 19.2 Å². The third kappa shape index (κ3) is 12.3. The van der Waals surface area contributed by atoms with Crippen molar-refractivity contribution < 1.29 is 38.5 Å². The molecule has 6 aliphatic rings. The number of aliphatic hydroxyl groups excluding tert-OH is 1.